The number of carbonyl (C=O) groups excluding carboxylic acids is 1. The predicted molar refractivity (Wildman–Crippen MR) is 112 cm³/mol. The van der Waals surface area contributed by atoms with Crippen LogP contribution in [0.15, 0.2) is 57.0 Å². The van der Waals surface area contributed by atoms with Crippen molar-refractivity contribution in [3.8, 4) is 0 Å². The molecule has 1 aromatic heterocycles. The number of hydrogen-bond acceptors (Lipinski definition) is 7. The largest absolute Gasteiger partial charge is 0.431 e. The molecule has 0 aliphatic heterocycles. The zero-order chi connectivity index (χ0) is 20.3. The van der Waals surface area contributed by atoms with Gasteiger partial charge in [-0.05, 0) is 42.5 Å². The Morgan fingerprint density at radius 2 is 1.89 bits per heavy atom. The molecule has 0 bridgehead atoms. The number of thioether (sulfide) groups is 1. The van der Waals surface area contributed by atoms with Gasteiger partial charge in [-0.15, -0.1) is 0 Å². The van der Waals surface area contributed by atoms with Gasteiger partial charge in [0.05, 0.1) is 16.4 Å². The highest BCUT2D eigenvalue weighted by Gasteiger charge is 2.15. The van der Waals surface area contributed by atoms with E-state index < -0.39 is 9.84 Å². The van der Waals surface area contributed by atoms with E-state index in [0.717, 1.165) is 17.4 Å². The summed E-state index contributed by atoms with van der Waals surface area (Å²) in [5.41, 5.74) is 2.69. The summed E-state index contributed by atoms with van der Waals surface area (Å²) >= 11 is 1.15. The third-order valence-electron chi connectivity index (χ3n) is 4.07. The Labute approximate surface area is 168 Å². The summed E-state index contributed by atoms with van der Waals surface area (Å²) in [6, 6.07) is 12.1. The van der Waals surface area contributed by atoms with Crippen LogP contribution in [0, 0.1) is 0 Å². The molecule has 148 valence electrons. The molecule has 1 N–H and O–H groups in total. The number of carbonyl (C=O) groups is 1. The van der Waals surface area contributed by atoms with Crippen molar-refractivity contribution in [2.24, 2.45) is 0 Å². The molecule has 0 aliphatic rings. The monoisotopic (exact) mass is 419 g/mol. The van der Waals surface area contributed by atoms with Crippen molar-refractivity contribution in [2.45, 2.75) is 17.0 Å². The Kier molecular flexibility index (Phi) is 5.95. The summed E-state index contributed by atoms with van der Waals surface area (Å²) in [5.74, 6) is -0.0325. The molecule has 0 saturated carbocycles. The van der Waals surface area contributed by atoms with Crippen molar-refractivity contribution in [2.75, 3.05) is 35.8 Å². The standard InChI is InChI=1S/C19H21N3O4S2/c1-4-28(24,25)15-9-10-17-16(11-15)21-19(26-17)27-12-18(23)20-13-5-7-14(8-6-13)22(2)3/h5-11H,4,12H2,1-3H3,(H,20,23). The molecule has 7 nitrogen and oxygen atoms in total. The lowest BCUT2D eigenvalue weighted by atomic mass is 10.2. The Morgan fingerprint density at radius 3 is 2.54 bits per heavy atom. The first-order chi connectivity index (χ1) is 13.3. The molecule has 1 amide bonds. The van der Waals surface area contributed by atoms with Gasteiger partial charge >= 0.3 is 0 Å². The Hall–Kier alpha value is -2.52. The molecule has 0 aliphatic carbocycles. The van der Waals surface area contributed by atoms with E-state index in [9.17, 15) is 13.2 Å². The van der Waals surface area contributed by atoms with Gasteiger partial charge in [-0.3, -0.25) is 4.79 Å². The number of benzene rings is 2. The predicted octanol–water partition coefficient (Wildman–Crippen LogP) is 3.42. The van der Waals surface area contributed by atoms with Crippen LogP contribution in [0.1, 0.15) is 6.92 Å². The lowest BCUT2D eigenvalue weighted by Gasteiger charge is -2.12. The SMILES string of the molecule is CCS(=O)(=O)c1ccc2oc(SCC(=O)Nc3ccc(N(C)C)cc3)nc2c1. The number of nitrogens with zero attached hydrogens (tertiary/aromatic N) is 2. The molecule has 2 aromatic carbocycles. The minimum atomic E-state index is -3.30. The number of sulfone groups is 1. The van der Waals surface area contributed by atoms with Crippen molar-refractivity contribution in [3.05, 3.63) is 42.5 Å². The number of nitrogens with one attached hydrogen (secondary N) is 1. The van der Waals surface area contributed by atoms with Gasteiger partial charge in [-0.2, -0.15) is 0 Å². The molecule has 0 radical (unpaired) electrons. The van der Waals surface area contributed by atoms with Crippen LogP contribution in [0.5, 0.6) is 0 Å². The van der Waals surface area contributed by atoms with Gasteiger partial charge in [0.15, 0.2) is 15.4 Å². The number of hydrogen-bond donors (Lipinski definition) is 1. The second kappa shape index (κ2) is 8.24. The van der Waals surface area contributed by atoms with Crippen molar-refractivity contribution in [1.82, 2.24) is 4.98 Å². The number of rotatable bonds is 7. The van der Waals surface area contributed by atoms with E-state index in [0.29, 0.717) is 22.0 Å². The van der Waals surface area contributed by atoms with Crippen molar-refractivity contribution in [1.29, 1.82) is 0 Å². The van der Waals surface area contributed by atoms with Crippen LogP contribution in [-0.2, 0) is 14.6 Å². The second-order valence-electron chi connectivity index (χ2n) is 6.29. The van der Waals surface area contributed by atoms with Crippen LogP contribution in [-0.4, -0.2) is 44.9 Å². The number of amides is 1. The van der Waals surface area contributed by atoms with Crippen LogP contribution >= 0.6 is 11.8 Å². The van der Waals surface area contributed by atoms with E-state index in [1.807, 2.05) is 43.3 Å². The number of fused-ring (bicyclic) bond motifs is 1. The highest BCUT2D eigenvalue weighted by atomic mass is 32.2. The summed E-state index contributed by atoms with van der Waals surface area (Å²) in [6.45, 7) is 1.59. The Balaban J connectivity index is 1.63. The smallest absolute Gasteiger partial charge is 0.257 e. The molecule has 9 heteroatoms. The zero-order valence-corrected chi connectivity index (χ0v) is 17.4. The minimum absolute atomic E-state index is 0.0215. The molecule has 3 rings (SSSR count). The second-order valence-corrected chi connectivity index (χ2v) is 9.50. The molecule has 0 fully saturated rings. The first-order valence-electron chi connectivity index (χ1n) is 8.62. The average Bonchev–Trinajstić information content (AvgIpc) is 3.09. The van der Waals surface area contributed by atoms with Gasteiger partial charge < -0.3 is 14.6 Å². The van der Waals surface area contributed by atoms with Crippen molar-refractivity contribution >= 4 is 50.0 Å². The highest BCUT2D eigenvalue weighted by molar-refractivity contribution is 7.99. The highest BCUT2D eigenvalue weighted by Crippen LogP contribution is 2.26. The van der Waals surface area contributed by atoms with Crippen molar-refractivity contribution in [3.63, 3.8) is 0 Å². The summed E-state index contributed by atoms with van der Waals surface area (Å²) < 4.78 is 29.5. The molecule has 0 spiro atoms. The fourth-order valence-corrected chi connectivity index (χ4v) is 4.01. The molecular weight excluding hydrogens is 398 g/mol. The molecule has 0 unspecified atom stereocenters. The topological polar surface area (TPSA) is 92.5 Å². The lowest BCUT2D eigenvalue weighted by Crippen LogP contribution is -2.14. The van der Waals surface area contributed by atoms with E-state index in [2.05, 4.69) is 10.3 Å². The van der Waals surface area contributed by atoms with E-state index in [1.54, 1.807) is 13.0 Å². The Bertz CT molecular complexity index is 1090. The van der Waals surface area contributed by atoms with E-state index >= 15 is 0 Å². The molecule has 1 heterocycles. The van der Waals surface area contributed by atoms with E-state index in [1.165, 1.54) is 12.1 Å². The lowest BCUT2D eigenvalue weighted by molar-refractivity contribution is -0.113. The van der Waals surface area contributed by atoms with Gasteiger partial charge in [0.1, 0.15) is 5.52 Å². The summed E-state index contributed by atoms with van der Waals surface area (Å²) in [4.78, 5) is 18.6. The molecule has 28 heavy (non-hydrogen) atoms. The maximum absolute atomic E-state index is 12.2. The maximum Gasteiger partial charge on any atom is 0.257 e. The number of oxazole rings is 1. The number of anilines is 2. The third-order valence-corrected chi connectivity index (χ3v) is 6.63. The van der Waals surface area contributed by atoms with Crippen molar-refractivity contribution < 1.29 is 17.6 Å². The van der Waals surface area contributed by atoms with E-state index in [4.69, 9.17) is 4.42 Å². The average molecular weight is 420 g/mol. The van der Waals surface area contributed by atoms with Crippen LogP contribution in [0.3, 0.4) is 0 Å². The third kappa shape index (κ3) is 4.66. The van der Waals surface area contributed by atoms with Crippen LogP contribution in [0.4, 0.5) is 11.4 Å². The molecule has 0 atom stereocenters. The number of aromatic nitrogens is 1. The van der Waals surface area contributed by atoms with Crippen LogP contribution < -0.4 is 10.2 Å². The van der Waals surface area contributed by atoms with Gasteiger partial charge in [0.25, 0.3) is 5.22 Å². The maximum atomic E-state index is 12.2. The van der Waals surface area contributed by atoms with Crippen LogP contribution in [0.2, 0.25) is 0 Å². The first kappa shape index (κ1) is 20.2. The summed E-state index contributed by atoms with van der Waals surface area (Å²) in [5, 5.41) is 3.14. The fraction of sp³-hybridized carbons (Fsp3) is 0.263. The van der Waals surface area contributed by atoms with Gasteiger partial charge in [0.2, 0.25) is 5.91 Å². The zero-order valence-electron chi connectivity index (χ0n) is 15.8. The minimum Gasteiger partial charge on any atom is -0.431 e. The fourth-order valence-electron chi connectivity index (χ4n) is 2.48. The van der Waals surface area contributed by atoms with E-state index in [-0.39, 0.29) is 22.3 Å². The van der Waals surface area contributed by atoms with Crippen LogP contribution in [0.25, 0.3) is 11.1 Å². The first-order valence-corrected chi connectivity index (χ1v) is 11.3. The van der Waals surface area contributed by atoms with Gasteiger partial charge in [-0.25, -0.2) is 13.4 Å². The molecular formula is C19H21N3O4S2. The summed E-state index contributed by atoms with van der Waals surface area (Å²) in [7, 11) is 0.594. The van der Waals surface area contributed by atoms with Gasteiger partial charge in [-0.1, -0.05) is 18.7 Å². The summed E-state index contributed by atoms with van der Waals surface area (Å²) in [6.07, 6.45) is 0. The molecule has 0 saturated heterocycles. The molecule has 3 aromatic rings. The quantitative estimate of drug-likeness (QED) is 0.587. The van der Waals surface area contributed by atoms with Gasteiger partial charge in [0, 0.05) is 25.5 Å². The Morgan fingerprint density at radius 1 is 1.18 bits per heavy atom. The normalized spacial score (nSPS) is 11.5.